The molecule has 6 nitrogen and oxygen atoms in total. The molecule has 20 heavy (non-hydrogen) atoms. The summed E-state index contributed by atoms with van der Waals surface area (Å²) in [6.07, 6.45) is 3.42. The molecule has 0 radical (unpaired) electrons. The molecule has 3 aromatic rings. The van der Waals surface area contributed by atoms with E-state index in [0.29, 0.717) is 24.0 Å². The summed E-state index contributed by atoms with van der Waals surface area (Å²) in [5.41, 5.74) is 10.1. The van der Waals surface area contributed by atoms with Gasteiger partial charge in [0, 0.05) is 18.9 Å². The highest BCUT2D eigenvalue weighted by molar-refractivity contribution is 5.63. The zero-order valence-electron chi connectivity index (χ0n) is 11.5. The number of nitrogens with one attached hydrogen (secondary N) is 1. The standard InChI is InChI=1S/C14H16N6/c1-9-3-4-11(7-10(9)2)8-17-12-13-18-19-14(15)20(13)6-5-16-12/h3-7H,8H2,1-2H3,(H2,15,19)(H,16,17). The van der Waals surface area contributed by atoms with Gasteiger partial charge in [-0.1, -0.05) is 18.2 Å². The van der Waals surface area contributed by atoms with Crippen LogP contribution in [-0.2, 0) is 6.54 Å². The van der Waals surface area contributed by atoms with Crippen LogP contribution in [-0.4, -0.2) is 19.6 Å². The number of fused-ring (bicyclic) bond motifs is 1. The van der Waals surface area contributed by atoms with Gasteiger partial charge in [-0.25, -0.2) is 4.98 Å². The van der Waals surface area contributed by atoms with Gasteiger partial charge in [-0.2, -0.15) is 0 Å². The highest BCUT2D eigenvalue weighted by Gasteiger charge is 2.07. The number of nitrogens with zero attached hydrogens (tertiary/aromatic N) is 4. The fourth-order valence-corrected chi connectivity index (χ4v) is 2.07. The largest absolute Gasteiger partial charge is 0.368 e. The Morgan fingerprint density at radius 3 is 2.85 bits per heavy atom. The van der Waals surface area contributed by atoms with Crippen LogP contribution in [0, 0.1) is 13.8 Å². The maximum absolute atomic E-state index is 5.72. The Kier molecular flexibility index (Phi) is 2.98. The average molecular weight is 268 g/mol. The van der Waals surface area contributed by atoms with Gasteiger partial charge in [0.1, 0.15) is 0 Å². The van der Waals surface area contributed by atoms with Crippen LogP contribution in [0.25, 0.3) is 5.65 Å². The maximum Gasteiger partial charge on any atom is 0.226 e. The maximum atomic E-state index is 5.72. The number of aromatic nitrogens is 4. The minimum atomic E-state index is 0.358. The second-order valence-electron chi connectivity index (χ2n) is 4.80. The van der Waals surface area contributed by atoms with Gasteiger partial charge < -0.3 is 11.1 Å². The SMILES string of the molecule is Cc1ccc(CNc2nccn3c(N)nnc23)cc1C. The Morgan fingerprint density at radius 1 is 1.20 bits per heavy atom. The summed E-state index contributed by atoms with van der Waals surface area (Å²) < 4.78 is 1.70. The molecule has 3 rings (SSSR count). The molecular weight excluding hydrogens is 252 g/mol. The number of rotatable bonds is 3. The van der Waals surface area contributed by atoms with E-state index in [-0.39, 0.29) is 0 Å². The molecule has 0 spiro atoms. The lowest BCUT2D eigenvalue weighted by atomic mass is 10.1. The molecule has 2 aromatic heterocycles. The van der Waals surface area contributed by atoms with Crippen molar-refractivity contribution < 1.29 is 0 Å². The van der Waals surface area contributed by atoms with Crippen LogP contribution in [0.1, 0.15) is 16.7 Å². The van der Waals surface area contributed by atoms with Crippen LogP contribution in [0.5, 0.6) is 0 Å². The van der Waals surface area contributed by atoms with Gasteiger partial charge >= 0.3 is 0 Å². The summed E-state index contributed by atoms with van der Waals surface area (Å²) >= 11 is 0. The number of aryl methyl sites for hydroxylation is 2. The molecule has 0 saturated heterocycles. The molecule has 3 N–H and O–H groups in total. The molecular formula is C14H16N6. The zero-order chi connectivity index (χ0) is 14.1. The van der Waals surface area contributed by atoms with Crippen molar-refractivity contribution in [3.8, 4) is 0 Å². The van der Waals surface area contributed by atoms with Crippen LogP contribution in [0.15, 0.2) is 30.6 Å². The van der Waals surface area contributed by atoms with Gasteiger partial charge in [0.25, 0.3) is 0 Å². The minimum Gasteiger partial charge on any atom is -0.368 e. The summed E-state index contributed by atoms with van der Waals surface area (Å²) in [5, 5.41) is 11.1. The molecule has 0 saturated carbocycles. The summed E-state index contributed by atoms with van der Waals surface area (Å²) in [7, 11) is 0. The second-order valence-corrected chi connectivity index (χ2v) is 4.80. The van der Waals surface area contributed by atoms with Crippen LogP contribution in [0.2, 0.25) is 0 Å². The third kappa shape index (κ3) is 2.16. The highest BCUT2D eigenvalue weighted by Crippen LogP contribution is 2.15. The Labute approximate surface area is 116 Å². The molecule has 6 heteroatoms. The summed E-state index contributed by atoms with van der Waals surface area (Å²) in [6, 6.07) is 6.39. The molecule has 0 amide bonds. The van der Waals surface area contributed by atoms with E-state index in [1.54, 1.807) is 16.8 Å². The Morgan fingerprint density at radius 2 is 2.05 bits per heavy atom. The second kappa shape index (κ2) is 4.80. The topological polar surface area (TPSA) is 81.1 Å². The van der Waals surface area contributed by atoms with Crippen LogP contribution < -0.4 is 11.1 Å². The van der Waals surface area contributed by atoms with Crippen molar-refractivity contribution in [3.63, 3.8) is 0 Å². The normalized spacial score (nSPS) is 10.9. The van der Waals surface area contributed by atoms with E-state index in [4.69, 9.17) is 5.73 Å². The Bertz CT molecular complexity index is 761. The van der Waals surface area contributed by atoms with E-state index >= 15 is 0 Å². The monoisotopic (exact) mass is 268 g/mol. The zero-order valence-corrected chi connectivity index (χ0v) is 11.5. The molecule has 0 fully saturated rings. The molecule has 2 heterocycles. The molecule has 0 unspecified atom stereocenters. The molecule has 1 aromatic carbocycles. The first kappa shape index (κ1) is 12.4. The van der Waals surface area contributed by atoms with Gasteiger partial charge in [0.05, 0.1) is 0 Å². The van der Waals surface area contributed by atoms with E-state index in [0.717, 1.165) is 0 Å². The first-order chi connectivity index (χ1) is 9.65. The number of hydrogen-bond acceptors (Lipinski definition) is 5. The van der Waals surface area contributed by atoms with Crippen molar-refractivity contribution in [1.29, 1.82) is 0 Å². The van der Waals surface area contributed by atoms with E-state index in [2.05, 4.69) is 52.5 Å². The molecule has 0 aliphatic heterocycles. The number of benzene rings is 1. The summed E-state index contributed by atoms with van der Waals surface area (Å²) in [6.45, 7) is 4.89. The summed E-state index contributed by atoms with van der Waals surface area (Å²) in [5.74, 6) is 1.03. The lowest BCUT2D eigenvalue weighted by molar-refractivity contribution is 1.07. The molecule has 0 bridgehead atoms. The van der Waals surface area contributed by atoms with Gasteiger partial charge in [-0.05, 0) is 30.5 Å². The van der Waals surface area contributed by atoms with Crippen molar-refractivity contribution in [3.05, 3.63) is 47.3 Å². The van der Waals surface area contributed by atoms with Gasteiger partial charge in [-0.3, -0.25) is 4.40 Å². The molecule has 0 aliphatic carbocycles. The van der Waals surface area contributed by atoms with Crippen molar-refractivity contribution in [2.24, 2.45) is 0 Å². The lowest BCUT2D eigenvalue weighted by Gasteiger charge is -2.08. The van der Waals surface area contributed by atoms with Crippen LogP contribution >= 0.6 is 0 Å². The predicted molar refractivity (Wildman–Crippen MR) is 78.4 cm³/mol. The number of nitrogen functional groups attached to an aromatic ring is 1. The van der Waals surface area contributed by atoms with Gasteiger partial charge in [0.15, 0.2) is 5.82 Å². The van der Waals surface area contributed by atoms with Crippen molar-refractivity contribution >= 4 is 17.4 Å². The fourth-order valence-electron chi connectivity index (χ4n) is 2.07. The lowest BCUT2D eigenvalue weighted by Crippen LogP contribution is -2.04. The van der Waals surface area contributed by atoms with Gasteiger partial charge in [0.2, 0.25) is 11.6 Å². The van der Waals surface area contributed by atoms with Crippen LogP contribution in [0.4, 0.5) is 11.8 Å². The number of hydrogen-bond donors (Lipinski definition) is 2. The fraction of sp³-hybridized carbons (Fsp3) is 0.214. The van der Waals surface area contributed by atoms with E-state index in [1.165, 1.54) is 16.7 Å². The van der Waals surface area contributed by atoms with E-state index in [1.807, 2.05) is 0 Å². The molecule has 0 aliphatic rings. The van der Waals surface area contributed by atoms with E-state index < -0.39 is 0 Å². The minimum absolute atomic E-state index is 0.358. The van der Waals surface area contributed by atoms with Crippen LogP contribution in [0.3, 0.4) is 0 Å². The highest BCUT2D eigenvalue weighted by atomic mass is 15.3. The number of anilines is 2. The third-order valence-corrected chi connectivity index (χ3v) is 3.38. The molecule has 102 valence electrons. The Balaban J connectivity index is 1.85. The van der Waals surface area contributed by atoms with Gasteiger partial charge in [-0.15, -0.1) is 10.2 Å². The molecule has 0 atom stereocenters. The summed E-state index contributed by atoms with van der Waals surface area (Å²) in [4.78, 5) is 4.29. The third-order valence-electron chi connectivity index (χ3n) is 3.38. The first-order valence-corrected chi connectivity index (χ1v) is 6.40. The van der Waals surface area contributed by atoms with Crippen molar-refractivity contribution in [2.75, 3.05) is 11.1 Å². The average Bonchev–Trinajstić information content (AvgIpc) is 2.83. The Hall–Kier alpha value is -2.63. The smallest absolute Gasteiger partial charge is 0.226 e. The quantitative estimate of drug-likeness (QED) is 0.758. The first-order valence-electron chi connectivity index (χ1n) is 6.40. The number of nitrogens with two attached hydrogens (primary N) is 1. The van der Waals surface area contributed by atoms with Crippen molar-refractivity contribution in [2.45, 2.75) is 20.4 Å². The van der Waals surface area contributed by atoms with E-state index in [9.17, 15) is 0 Å². The van der Waals surface area contributed by atoms with Crippen molar-refractivity contribution in [1.82, 2.24) is 19.6 Å². The predicted octanol–water partition coefficient (Wildman–Crippen LogP) is 1.94.